The van der Waals surface area contributed by atoms with Crippen LogP contribution in [0.2, 0.25) is 0 Å². The highest BCUT2D eigenvalue weighted by Gasteiger charge is 2.36. The molecule has 7 nitrogen and oxygen atoms in total. The lowest BCUT2D eigenvalue weighted by molar-refractivity contribution is -0.0866. The van der Waals surface area contributed by atoms with Crippen molar-refractivity contribution in [2.45, 2.75) is 38.2 Å². The number of ether oxygens (including phenoxy) is 2. The summed E-state index contributed by atoms with van der Waals surface area (Å²) in [5, 5.41) is 15.5. The van der Waals surface area contributed by atoms with Crippen molar-refractivity contribution in [3.05, 3.63) is 28.9 Å². The van der Waals surface area contributed by atoms with E-state index in [-0.39, 0.29) is 5.41 Å². The molecule has 1 saturated heterocycles. The Hall–Kier alpha value is -1.81. The molecule has 1 aromatic carbocycles. The molecule has 3 heterocycles. The van der Waals surface area contributed by atoms with Gasteiger partial charge in [-0.2, -0.15) is 5.10 Å². The molecular formula is C20H25N3O4S2. The Morgan fingerprint density at radius 1 is 1.41 bits per heavy atom. The highest BCUT2D eigenvalue weighted by Crippen LogP contribution is 2.36. The van der Waals surface area contributed by atoms with Crippen LogP contribution >= 0.6 is 11.3 Å². The number of aliphatic hydroxyl groups is 1. The van der Waals surface area contributed by atoms with E-state index in [1.807, 2.05) is 25.1 Å². The second-order valence-electron chi connectivity index (χ2n) is 8.37. The molecule has 0 aliphatic carbocycles. The quantitative estimate of drug-likeness (QED) is 0.640. The number of aryl methyl sites for hydroxylation is 1. The third-order valence-corrected chi connectivity index (χ3v) is 7.95. The summed E-state index contributed by atoms with van der Waals surface area (Å²) in [6.07, 6.45) is 0. The number of rotatable bonds is 6. The summed E-state index contributed by atoms with van der Waals surface area (Å²) in [7, 11) is 0.359. The molecule has 29 heavy (non-hydrogen) atoms. The van der Waals surface area contributed by atoms with Crippen molar-refractivity contribution < 1.29 is 18.8 Å². The fourth-order valence-electron chi connectivity index (χ4n) is 3.36. The maximum absolute atomic E-state index is 13.1. The minimum Gasteiger partial charge on any atom is -0.495 e. The molecule has 1 aliphatic heterocycles. The van der Waals surface area contributed by atoms with Crippen molar-refractivity contribution in [1.82, 2.24) is 14.6 Å². The van der Waals surface area contributed by atoms with Gasteiger partial charge in [-0.1, -0.05) is 18.3 Å². The monoisotopic (exact) mass is 435 g/mol. The minimum absolute atomic E-state index is 0.0673. The third kappa shape index (κ3) is 3.72. The molecule has 156 valence electrons. The molecule has 0 saturated carbocycles. The number of benzene rings is 1. The number of methoxy groups -OCH3 is 1. The van der Waals surface area contributed by atoms with Gasteiger partial charge < -0.3 is 14.6 Å². The molecular weight excluding hydrogens is 410 g/mol. The van der Waals surface area contributed by atoms with Crippen LogP contribution in [0.1, 0.15) is 31.5 Å². The number of aromatic nitrogens is 3. The van der Waals surface area contributed by atoms with Crippen LogP contribution in [-0.2, 0) is 21.1 Å². The first-order valence-electron chi connectivity index (χ1n) is 9.35. The van der Waals surface area contributed by atoms with E-state index in [1.165, 1.54) is 11.3 Å². The first kappa shape index (κ1) is 20.5. The van der Waals surface area contributed by atoms with Gasteiger partial charge in [0, 0.05) is 16.7 Å². The lowest BCUT2D eigenvalue weighted by Gasteiger charge is -2.37. The van der Waals surface area contributed by atoms with Gasteiger partial charge in [0.1, 0.15) is 16.4 Å². The van der Waals surface area contributed by atoms with E-state index < -0.39 is 16.4 Å². The standard InChI is InChI=1S/C20H25N3O4S2/c1-12-16(23-18(21-12)28-17(22-23)19(2,3)24)13-6-7-14(26-5)15(8-13)29(25)11-20(4)9-27-10-20/h6-8,24H,9-11H2,1-5H3. The Morgan fingerprint density at radius 2 is 2.14 bits per heavy atom. The van der Waals surface area contributed by atoms with Crippen molar-refractivity contribution in [2.24, 2.45) is 5.41 Å². The van der Waals surface area contributed by atoms with Crippen molar-refractivity contribution in [3.63, 3.8) is 0 Å². The summed E-state index contributed by atoms with van der Waals surface area (Å²) >= 11 is 1.36. The smallest absolute Gasteiger partial charge is 0.213 e. The maximum Gasteiger partial charge on any atom is 0.213 e. The van der Waals surface area contributed by atoms with Gasteiger partial charge in [0.15, 0.2) is 0 Å². The minimum atomic E-state index is -1.23. The second-order valence-corrected chi connectivity index (χ2v) is 10.7. The van der Waals surface area contributed by atoms with Crippen molar-refractivity contribution in [1.29, 1.82) is 0 Å². The molecule has 1 N–H and O–H groups in total. The molecule has 0 amide bonds. The van der Waals surface area contributed by atoms with Crippen LogP contribution in [0, 0.1) is 12.3 Å². The first-order valence-corrected chi connectivity index (χ1v) is 11.5. The van der Waals surface area contributed by atoms with Crippen molar-refractivity contribution >= 4 is 27.1 Å². The third-order valence-electron chi connectivity index (χ3n) is 4.96. The summed E-state index contributed by atoms with van der Waals surface area (Å²) in [5.41, 5.74) is 1.41. The Bertz CT molecular complexity index is 1090. The zero-order valence-electron chi connectivity index (χ0n) is 17.2. The number of hydrogen-bond acceptors (Lipinski definition) is 7. The SMILES string of the molecule is COc1ccc(-c2c(C)nc3sc(C(C)(C)O)nn23)cc1S(=O)CC1(C)COC1. The van der Waals surface area contributed by atoms with Crippen LogP contribution in [0.4, 0.5) is 0 Å². The van der Waals surface area contributed by atoms with E-state index in [0.29, 0.717) is 39.6 Å². The van der Waals surface area contributed by atoms with Crippen LogP contribution in [0.3, 0.4) is 0 Å². The molecule has 1 atom stereocenters. The Labute approximate surface area is 176 Å². The van der Waals surface area contributed by atoms with Crippen molar-refractivity contribution in [3.8, 4) is 17.0 Å². The summed E-state index contributed by atoms with van der Waals surface area (Å²) < 4.78 is 25.7. The van der Waals surface area contributed by atoms with Crippen LogP contribution in [0.5, 0.6) is 5.75 Å². The number of nitrogens with zero attached hydrogens (tertiary/aromatic N) is 3. The summed E-state index contributed by atoms with van der Waals surface area (Å²) in [6.45, 7) is 8.68. The van der Waals surface area contributed by atoms with Gasteiger partial charge in [0.05, 0.1) is 47.4 Å². The average molecular weight is 436 g/mol. The van der Waals surface area contributed by atoms with E-state index in [2.05, 4.69) is 17.0 Å². The summed E-state index contributed by atoms with van der Waals surface area (Å²) in [5.74, 6) is 1.12. The van der Waals surface area contributed by atoms with E-state index in [0.717, 1.165) is 17.0 Å². The predicted molar refractivity (Wildman–Crippen MR) is 113 cm³/mol. The average Bonchev–Trinajstić information content (AvgIpc) is 3.16. The van der Waals surface area contributed by atoms with Gasteiger partial charge >= 0.3 is 0 Å². The Morgan fingerprint density at radius 3 is 2.72 bits per heavy atom. The fraction of sp³-hybridized carbons (Fsp3) is 0.500. The van der Waals surface area contributed by atoms with Gasteiger partial charge in [0.2, 0.25) is 4.96 Å². The molecule has 1 aliphatic rings. The van der Waals surface area contributed by atoms with Crippen LogP contribution in [-0.4, -0.2) is 50.0 Å². The second kappa shape index (κ2) is 7.16. The Balaban J connectivity index is 1.78. The highest BCUT2D eigenvalue weighted by atomic mass is 32.2. The largest absolute Gasteiger partial charge is 0.495 e. The fourth-order valence-corrected chi connectivity index (χ4v) is 5.89. The number of hydrogen-bond donors (Lipinski definition) is 1. The van der Waals surface area contributed by atoms with Crippen LogP contribution in [0.25, 0.3) is 16.2 Å². The zero-order chi connectivity index (χ0) is 21.0. The summed E-state index contributed by atoms with van der Waals surface area (Å²) in [4.78, 5) is 5.98. The highest BCUT2D eigenvalue weighted by molar-refractivity contribution is 7.85. The van der Waals surface area contributed by atoms with Gasteiger partial charge in [0.25, 0.3) is 0 Å². The lowest BCUT2D eigenvalue weighted by Crippen LogP contribution is -2.44. The summed E-state index contributed by atoms with van der Waals surface area (Å²) in [6, 6.07) is 5.66. The maximum atomic E-state index is 13.1. The Kier molecular flexibility index (Phi) is 5.05. The van der Waals surface area contributed by atoms with Gasteiger partial charge in [-0.3, -0.25) is 4.21 Å². The van der Waals surface area contributed by atoms with Gasteiger partial charge in [-0.05, 0) is 39.0 Å². The van der Waals surface area contributed by atoms with Crippen LogP contribution in [0.15, 0.2) is 23.1 Å². The van der Waals surface area contributed by atoms with Gasteiger partial charge in [-0.25, -0.2) is 9.50 Å². The molecule has 2 aromatic heterocycles. The van der Waals surface area contributed by atoms with E-state index in [9.17, 15) is 9.32 Å². The molecule has 3 aromatic rings. The normalized spacial score (nSPS) is 17.3. The zero-order valence-corrected chi connectivity index (χ0v) is 18.8. The number of fused-ring (bicyclic) bond motifs is 1. The van der Waals surface area contributed by atoms with E-state index in [4.69, 9.17) is 9.47 Å². The molecule has 1 fully saturated rings. The van der Waals surface area contributed by atoms with Gasteiger partial charge in [-0.15, -0.1) is 0 Å². The lowest BCUT2D eigenvalue weighted by atomic mass is 9.92. The van der Waals surface area contributed by atoms with E-state index in [1.54, 1.807) is 25.5 Å². The van der Waals surface area contributed by atoms with E-state index >= 15 is 0 Å². The number of imidazole rings is 1. The molecule has 1 unspecified atom stereocenters. The van der Waals surface area contributed by atoms with Crippen LogP contribution < -0.4 is 4.74 Å². The molecule has 9 heteroatoms. The first-order chi connectivity index (χ1) is 13.6. The van der Waals surface area contributed by atoms with Crippen molar-refractivity contribution in [2.75, 3.05) is 26.1 Å². The molecule has 0 spiro atoms. The molecule has 4 rings (SSSR count). The predicted octanol–water partition coefficient (Wildman–Crippen LogP) is 3.15. The molecule has 0 bridgehead atoms. The molecule has 0 radical (unpaired) electrons. The topological polar surface area (TPSA) is 86.0 Å².